The summed E-state index contributed by atoms with van der Waals surface area (Å²) in [7, 11) is 0. The highest BCUT2D eigenvalue weighted by Gasteiger charge is 2.23. The Morgan fingerprint density at radius 1 is 1.03 bits per heavy atom. The van der Waals surface area contributed by atoms with Crippen LogP contribution in [0.3, 0.4) is 0 Å². The fraction of sp³-hybridized carbons (Fsp3) is 0.296. The smallest absolute Gasteiger partial charge is 0.278 e. The van der Waals surface area contributed by atoms with E-state index in [4.69, 9.17) is 9.26 Å². The Morgan fingerprint density at radius 2 is 1.74 bits per heavy atom. The van der Waals surface area contributed by atoms with E-state index in [0.717, 1.165) is 33.8 Å². The van der Waals surface area contributed by atoms with Crippen molar-refractivity contribution in [3.63, 3.8) is 0 Å². The summed E-state index contributed by atoms with van der Waals surface area (Å²) in [5, 5.41) is 11.6. The Morgan fingerprint density at radius 3 is 2.44 bits per heavy atom. The first-order valence-electron chi connectivity index (χ1n) is 11.3. The first kappa shape index (κ1) is 23.3. The summed E-state index contributed by atoms with van der Waals surface area (Å²) >= 11 is 0. The molecule has 1 amide bonds. The van der Waals surface area contributed by atoms with E-state index >= 15 is 0 Å². The summed E-state index contributed by atoms with van der Waals surface area (Å²) in [6.07, 6.45) is 0. The molecule has 0 saturated heterocycles. The summed E-state index contributed by atoms with van der Waals surface area (Å²) in [6.45, 7) is 12.5. The van der Waals surface area contributed by atoms with Gasteiger partial charge in [-0.1, -0.05) is 53.2 Å². The number of carbonyl (C=O) groups excluding carboxylic acids is 1. The van der Waals surface area contributed by atoms with E-state index in [0.29, 0.717) is 23.6 Å². The van der Waals surface area contributed by atoms with Gasteiger partial charge in [0.25, 0.3) is 5.91 Å². The van der Waals surface area contributed by atoms with Crippen molar-refractivity contribution in [2.75, 3.05) is 5.32 Å². The third-order valence-electron chi connectivity index (χ3n) is 6.00. The summed E-state index contributed by atoms with van der Waals surface area (Å²) in [5.41, 5.74) is 7.57. The maximum absolute atomic E-state index is 13.2. The molecule has 4 aromatic rings. The molecule has 7 nitrogen and oxygen atoms in total. The van der Waals surface area contributed by atoms with Crippen LogP contribution in [-0.2, 0) is 13.2 Å². The van der Waals surface area contributed by atoms with Gasteiger partial charge < -0.3 is 14.6 Å². The molecule has 0 aliphatic carbocycles. The maximum atomic E-state index is 13.2. The van der Waals surface area contributed by atoms with E-state index in [9.17, 15) is 4.79 Å². The van der Waals surface area contributed by atoms with Gasteiger partial charge in [0.1, 0.15) is 18.1 Å². The quantitative estimate of drug-likeness (QED) is 0.390. The summed E-state index contributed by atoms with van der Waals surface area (Å²) < 4.78 is 13.3. The van der Waals surface area contributed by atoms with Crippen LogP contribution in [0.15, 0.2) is 47.0 Å². The van der Waals surface area contributed by atoms with Gasteiger partial charge in [0.15, 0.2) is 5.69 Å². The molecule has 0 aliphatic rings. The molecule has 2 heterocycles. The third kappa shape index (κ3) is 4.73. The summed E-state index contributed by atoms with van der Waals surface area (Å²) in [4.78, 5) is 13.2. The number of hydrogen-bond acceptors (Lipinski definition) is 5. The van der Waals surface area contributed by atoms with Crippen molar-refractivity contribution in [1.82, 2.24) is 14.9 Å². The van der Waals surface area contributed by atoms with E-state index in [2.05, 4.69) is 40.7 Å². The zero-order chi connectivity index (χ0) is 24.4. The van der Waals surface area contributed by atoms with Crippen LogP contribution in [0.4, 0.5) is 5.69 Å². The SMILES string of the molecule is Cc1cccc(Cn2nc(C)c(NC(=O)c3noc(C)c3COc3c(C)cccc3C)c2C)c1. The average Bonchev–Trinajstić information content (AvgIpc) is 3.28. The van der Waals surface area contributed by atoms with Gasteiger partial charge in [0.05, 0.1) is 29.2 Å². The first-order chi connectivity index (χ1) is 16.2. The molecule has 176 valence electrons. The van der Waals surface area contributed by atoms with Gasteiger partial charge >= 0.3 is 0 Å². The second-order valence-corrected chi connectivity index (χ2v) is 8.72. The lowest BCUT2D eigenvalue weighted by Crippen LogP contribution is -2.16. The van der Waals surface area contributed by atoms with Crippen LogP contribution in [-0.4, -0.2) is 20.8 Å². The Hall–Kier alpha value is -3.87. The number of nitrogens with one attached hydrogen (secondary N) is 1. The third-order valence-corrected chi connectivity index (χ3v) is 6.00. The zero-order valence-electron chi connectivity index (χ0n) is 20.5. The van der Waals surface area contributed by atoms with Crippen LogP contribution in [0.25, 0.3) is 0 Å². The van der Waals surface area contributed by atoms with Crippen molar-refractivity contribution in [3.05, 3.63) is 93.1 Å². The molecule has 2 aromatic carbocycles. The van der Waals surface area contributed by atoms with Crippen molar-refractivity contribution in [2.45, 2.75) is 54.7 Å². The number of aryl methyl sites for hydroxylation is 5. The van der Waals surface area contributed by atoms with Crippen molar-refractivity contribution in [3.8, 4) is 5.75 Å². The number of amides is 1. The Labute approximate surface area is 199 Å². The van der Waals surface area contributed by atoms with Crippen LogP contribution in [0, 0.1) is 41.5 Å². The number of rotatable bonds is 7. The number of anilines is 1. The van der Waals surface area contributed by atoms with E-state index in [1.54, 1.807) is 6.92 Å². The number of hydrogen-bond donors (Lipinski definition) is 1. The fourth-order valence-electron chi connectivity index (χ4n) is 4.10. The molecule has 1 N–H and O–H groups in total. The number of carbonyl (C=O) groups is 1. The highest BCUT2D eigenvalue weighted by Crippen LogP contribution is 2.26. The highest BCUT2D eigenvalue weighted by atomic mass is 16.5. The molecule has 0 spiro atoms. The lowest BCUT2D eigenvalue weighted by atomic mass is 10.1. The molecule has 7 heteroatoms. The van der Waals surface area contributed by atoms with E-state index in [1.165, 1.54) is 5.56 Å². The Bertz CT molecular complexity index is 1330. The topological polar surface area (TPSA) is 82.2 Å². The number of ether oxygens (including phenoxy) is 1. The van der Waals surface area contributed by atoms with Gasteiger partial charge in [0.2, 0.25) is 0 Å². The monoisotopic (exact) mass is 458 g/mol. The minimum atomic E-state index is -0.349. The van der Waals surface area contributed by atoms with Crippen molar-refractivity contribution >= 4 is 11.6 Å². The normalized spacial score (nSPS) is 11.0. The van der Waals surface area contributed by atoms with Gasteiger partial charge in [0, 0.05) is 0 Å². The van der Waals surface area contributed by atoms with Crippen LogP contribution in [0.1, 0.15) is 55.5 Å². The molecule has 0 radical (unpaired) electrons. The lowest BCUT2D eigenvalue weighted by molar-refractivity contribution is 0.101. The van der Waals surface area contributed by atoms with Crippen LogP contribution in [0.2, 0.25) is 0 Å². The number of aromatic nitrogens is 3. The molecule has 0 bridgehead atoms. The average molecular weight is 459 g/mol. The van der Waals surface area contributed by atoms with Gasteiger partial charge in [-0.2, -0.15) is 5.10 Å². The second-order valence-electron chi connectivity index (χ2n) is 8.72. The van der Waals surface area contributed by atoms with Crippen LogP contribution in [0.5, 0.6) is 5.75 Å². The van der Waals surface area contributed by atoms with Crippen LogP contribution >= 0.6 is 0 Å². The molecular formula is C27H30N4O3. The zero-order valence-corrected chi connectivity index (χ0v) is 20.5. The highest BCUT2D eigenvalue weighted by molar-refractivity contribution is 6.04. The standard InChI is InChI=1S/C27H30N4O3/c1-16-9-7-12-22(13-16)14-31-20(5)24(19(4)29-31)28-27(32)25-23(21(6)34-30-25)15-33-26-17(2)10-8-11-18(26)3/h7-13H,14-15H2,1-6H3,(H,28,32). The molecule has 0 fully saturated rings. The number of para-hydroxylation sites is 1. The van der Waals surface area contributed by atoms with Crippen molar-refractivity contribution < 1.29 is 14.1 Å². The van der Waals surface area contributed by atoms with Gasteiger partial charge in [-0.3, -0.25) is 9.48 Å². The first-order valence-corrected chi connectivity index (χ1v) is 11.3. The van der Waals surface area contributed by atoms with E-state index in [1.807, 2.05) is 56.6 Å². The molecular weight excluding hydrogens is 428 g/mol. The predicted octanol–water partition coefficient (Wildman–Crippen LogP) is 5.60. The predicted molar refractivity (Wildman–Crippen MR) is 131 cm³/mol. The van der Waals surface area contributed by atoms with E-state index < -0.39 is 0 Å². The van der Waals surface area contributed by atoms with E-state index in [-0.39, 0.29) is 18.2 Å². The molecule has 4 rings (SSSR count). The largest absolute Gasteiger partial charge is 0.488 e. The van der Waals surface area contributed by atoms with Crippen molar-refractivity contribution in [1.29, 1.82) is 0 Å². The Balaban J connectivity index is 1.53. The molecule has 0 unspecified atom stereocenters. The summed E-state index contributed by atoms with van der Waals surface area (Å²) in [5.74, 6) is 1.01. The lowest BCUT2D eigenvalue weighted by Gasteiger charge is -2.12. The van der Waals surface area contributed by atoms with Gasteiger partial charge in [-0.25, -0.2) is 0 Å². The molecule has 34 heavy (non-hydrogen) atoms. The molecule has 2 aromatic heterocycles. The Kier molecular flexibility index (Phi) is 6.54. The van der Waals surface area contributed by atoms with Crippen LogP contribution < -0.4 is 10.1 Å². The minimum Gasteiger partial charge on any atom is -0.488 e. The van der Waals surface area contributed by atoms with Gasteiger partial charge in [-0.05, 0) is 58.2 Å². The second kappa shape index (κ2) is 9.55. The minimum absolute atomic E-state index is 0.189. The van der Waals surface area contributed by atoms with Crippen molar-refractivity contribution in [2.24, 2.45) is 0 Å². The number of benzene rings is 2. The molecule has 0 atom stereocenters. The number of nitrogens with zero attached hydrogens (tertiary/aromatic N) is 3. The van der Waals surface area contributed by atoms with Gasteiger partial charge in [-0.15, -0.1) is 0 Å². The fourth-order valence-corrected chi connectivity index (χ4v) is 4.10. The summed E-state index contributed by atoms with van der Waals surface area (Å²) in [6, 6.07) is 14.3. The molecule has 0 aliphatic heterocycles. The maximum Gasteiger partial charge on any atom is 0.278 e. The molecule has 0 saturated carbocycles.